The number of ether oxygens (including phenoxy) is 1. The molecular weight excluding hydrogens is 822 g/mol. The molecule has 2 aliphatic heterocycles. The number of hydrogen-bond acceptors (Lipinski definition) is 12. The third-order valence-electron chi connectivity index (χ3n) is 12.0. The van der Waals surface area contributed by atoms with Gasteiger partial charge in [0.25, 0.3) is 5.91 Å². The third-order valence-corrected chi connectivity index (χ3v) is 12.0. The van der Waals surface area contributed by atoms with E-state index in [4.69, 9.17) is 10.5 Å². The molecule has 5 amide bonds. The van der Waals surface area contributed by atoms with Crippen molar-refractivity contribution in [2.45, 2.75) is 77.8 Å². The molecule has 4 rings (SSSR count). The topological polar surface area (TPSA) is 208 Å². The summed E-state index contributed by atoms with van der Waals surface area (Å²) in [6, 6.07) is 8.83. The van der Waals surface area contributed by atoms with Gasteiger partial charge in [-0.1, -0.05) is 25.1 Å². The van der Waals surface area contributed by atoms with Crippen molar-refractivity contribution >= 4 is 53.3 Å². The number of amides is 5. The fraction of sp³-hybridized carbons (Fsp3) is 0.532. The largest absolute Gasteiger partial charge is 0.398 e. The molecule has 0 spiro atoms. The van der Waals surface area contributed by atoms with Crippen LogP contribution in [-0.2, 0) is 23.9 Å². The van der Waals surface area contributed by atoms with Gasteiger partial charge in [0.15, 0.2) is 6.29 Å². The first-order valence-electron chi connectivity index (χ1n) is 22.3. The molecule has 2 heterocycles. The van der Waals surface area contributed by atoms with Crippen LogP contribution in [0.4, 0.5) is 15.8 Å². The molecule has 0 aromatic heterocycles. The Morgan fingerprint density at radius 3 is 2.33 bits per heavy atom. The van der Waals surface area contributed by atoms with Crippen LogP contribution in [0.15, 0.2) is 53.7 Å². The maximum absolute atomic E-state index is 14.1. The summed E-state index contributed by atoms with van der Waals surface area (Å²) in [5.74, 6) is -1.33. The first-order valence-corrected chi connectivity index (χ1v) is 22.3. The van der Waals surface area contributed by atoms with E-state index in [2.05, 4.69) is 36.4 Å². The van der Waals surface area contributed by atoms with Gasteiger partial charge in [-0.15, -0.1) is 0 Å². The highest BCUT2D eigenvalue weighted by molar-refractivity contribution is 6.06. The van der Waals surface area contributed by atoms with E-state index in [0.717, 1.165) is 76.2 Å². The van der Waals surface area contributed by atoms with Gasteiger partial charge < -0.3 is 46.4 Å². The highest BCUT2D eigenvalue weighted by Crippen LogP contribution is 2.31. The number of carbonyl (C=O) groups excluding carboxylic acids is 6. The number of aldehydes is 1. The Kier molecular flexibility index (Phi) is 20.9. The Balaban J connectivity index is 1.07. The normalized spacial score (nSPS) is 17.3. The second-order valence-corrected chi connectivity index (χ2v) is 16.6. The van der Waals surface area contributed by atoms with Crippen LogP contribution in [0.1, 0.15) is 92.0 Å². The predicted molar refractivity (Wildman–Crippen MR) is 247 cm³/mol. The number of nitrogens with zero attached hydrogens (tertiary/aromatic N) is 3. The van der Waals surface area contributed by atoms with E-state index in [1.54, 1.807) is 45.3 Å². The monoisotopic (exact) mass is 890 g/mol. The highest BCUT2D eigenvalue weighted by Gasteiger charge is 2.33. The van der Waals surface area contributed by atoms with E-state index in [-0.39, 0.29) is 65.7 Å². The van der Waals surface area contributed by atoms with E-state index in [1.165, 1.54) is 17.0 Å². The van der Waals surface area contributed by atoms with Crippen LogP contribution in [0.3, 0.4) is 0 Å². The second kappa shape index (κ2) is 26.2. The lowest BCUT2D eigenvalue weighted by atomic mass is 9.92. The van der Waals surface area contributed by atoms with Gasteiger partial charge in [-0.25, -0.2) is 4.39 Å². The lowest BCUT2D eigenvalue weighted by Gasteiger charge is -2.34. The molecule has 7 N–H and O–H groups in total. The Hall–Kier alpha value is -5.65. The van der Waals surface area contributed by atoms with E-state index in [9.17, 15) is 33.2 Å². The number of piperazine rings is 1. The molecule has 0 saturated carbocycles. The molecule has 17 heteroatoms. The maximum atomic E-state index is 14.1. The van der Waals surface area contributed by atoms with Crippen molar-refractivity contribution < 1.29 is 37.9 Å². The molecule has 3 atom stereocenters. The second-order valence-electron chi connectivity index (χ2n) is 16.6. The number of carbonyl (C=O) groups is 6. The molecule has 1 saturated heterocycles. The number of allylic oxidation sites excluding steroid dienone is 1. The molecule has 350 valence electrons. The average molecular weight is 890 g/mol. The van der Waals surface area contributed by atoms with Gasteiger partial charge >= 0.3 is 0 Å². The van der Waals surface area contributed by atoms with Crippen molar-refractivity contribution in [1.82, 2.24) is 36.0 Å². The minimum atomic E-state index is -0.424. The van der Waals surface area contributed by atoms with E-state index < -0.39 is 5.91 Å². The molecule has 2 aromatic rings. The van der Waals surface area contributed by atoms with Crippen LogP contribution < -0.4 is 32.3 Å². The fourth-order valence-corrected chi connectivity index (χ4v) is 8.12. The lowest BCUT2D eigenvalue weighted by molar-refractivity contribution is -0.125. The number of nitrogens with two attached hydrogens (primary N) is 1. The fourth-order valence-electron chi connectivity index (χ4n) is 8.12. The Morgan fingerprint density at radius 2 is 1.64 bits per heavy atom. The van der Waals surface area contributed by atoms with Crippen LogP contribution in [0.5, 0.6) is 0 Å². The summed E-state index contributed by atoms with van der Waals surface area (Å²) in [5, 5.41) is 14.9. The zero-order chi connectivity index (χ0) is 46.6. The summed E-state index contributed by atoms with van der Waals surface area (Å²) in [5.41, 5.74) is 10.5. The number of nitrogens with one attached hydrogen (secondary N) is 5. The predicted octanol–water partition coefficient (Wildman–Crippen LogP) is 3.56. The number of rotatable bonds is 26. The van der Waals surface area contributed by atoms with Gasteiger partial charge in [0, 0.05) is 119 Å². The lowest BCUT2D eigenvalue weighted by Crippen LogP contribution is -2.47. The summed E-state index contributed by atoms with van der Waals surface area (Å²) in [6.07, 6.45) is 6.90. The maximum Gasteiger partial charge on any atom is 0.256 e. The quantitative estimate of drug-likeness (QED) is 0.0456. The van der Waals surface area contributed by atoms with Crippen molar-refractivity contribution in [3.8, 4) is 0 Å². The minimum Gasteiger partial charge on any atom is -0.398 e. The summed E-state index contributed by atoms with van der Waals surface area (Å²) in [4.78, 5) is 79.7. The van der Waals surface area contributed by atoms with Crippen LogP contribution in [0, 0.1) is 11.7 Å². The van der Waals surface area contributed by atoms with Crippen molar-refractivity contribution in [3.63, 3.8) is 0 Å². The van der Waals surface area contributed by atoms with Crippen LogP contribution >= 0.6 is 0 Å². The number of benzene rings is 2. The van der Waals surface area contributed by atoms with Gasteiger partial charge in [-0.2, -0.15) is 0 Å². The highest BCUT2D eigenvalue weighted by atomic mass is 19.1. The Labute approximate surface area is 376 Å². The Morgan fingerprint density at radius 1 is 0.953 bits per heavy atom. The van der Waals surface area contributed by atoms with Gasteiger partial charge in [0.2, 0.25) is 24.1 Å². The molecule has 3 unspecified atom stereocenters. The molecule has 0 aliphatic carbocycles. The van der Waals surface area contributed by atoms with Crippen molar-refractivity contribution in [2.24, 2.45) is 5.92 Å². The number of nitrogen functional groups attached to an aromatic ring is 1. The SMILES string of the molecule is COC/C(=C\C1NC(C)=C(C(=O)NCCCN2CCN(CCCC(=O)NCCCCNc3cccc(C=O)c3C(=O)N(C)C(C)CCC(=O)NC=O)CC2)C1C)c1cc(F)ccc1N. The smallest absolute Gasteiger partial charge is 0.256 e. The van der Waals surface area contributed by atoms with Gasteiger partial charge in [-0.3, -0.25) is 34.1 Å². The first-order chi connectivity index (χ1) is 30.8. The van der Waals surface area contributed by atoms with Crippen LogP contribution in [0.2, 0.25) is 0 Å². The van der Waals surface area contributed by atoms with Crippen molar-refractivity contribution in [3.05, 3.63) is 76.3 Å². The van der Waals surface area contributed by atoms with E-state index in [1.807, 2.05) is 19.9 Å². The number of methoxy groups -OCH3 is 1. The van der Waals surface area contributed by atoms with Gasteiger partial charge in [0.1, 0.15) is 5.82 Å². The number of imide groups is 1. The van der Waals surface area contributed by atoms with E-state index >= 15 is 0 Å². The molecule has 64 heavy (non-hydrogen) atoms. The number of halogens is 1. The molecule has 2 aromatic carbocycles. The van der Waals surface area contributed by atoms with Gasteiger partial charge in [0.05, 0.1) is 18.2 Å². The van der Waals surface area contributed by atoms with Crippen LogP contribution in [0.25, 0.3) is 5.57 Å². The molecular formula is C47H68FN9O7. The molecule has 0 bridgehead atoms. The zero-order valence-corrected chi connectivity index (χ0v) is 38.1. The summed E-state index contributed by atoms with van der Waals surface area (Å²) >= 11 is 0. The van der Waals surface area contributed by atoms with Crippen molar-refractivity contribution in [1.29, 1.82) is 0 Å². The standard InChI is InChI=1S/C47H68FN9O7/c1-32(14-17-43(61)53-31-59)55(4)47(63)45-35(29-58)11-8-12-40(45)50-18-6-7-19-51-42(60)13-9-21-56-23-25-57(26-24-56)22-10-20-52-46(62)44-33(2)41(54-34(44)3)27-36(30-64-5)38-28-37(48)15-16-39(38)49/h8,11-12,15-16,27-29,31-33,41,50,54H,6-7,9-10,13-14,17-26,30,49H2,1-5H3,(H,51,60)(H,52,62)(H,53,59,61)/b36-27+. The summed E-state index contributed by atoms with van der Waals surface area (Å²) in [6.45, 7) is 13.0. The Bertz CT molecular complexity index is 1980. The average Bonchev–Trinajstić information content (AvgIpc) is 3.57. The zero-order valence-electron chi connectivity index (χ0n) is 38.1. The van der Waals surface area contributed by atoms with E-state index in [0.29, 0.717) is 67.7 Å². The van der Waals surface area contributed by atoms with Gasteiger partial charge in [-0.05, 0) is 88.9 Å². The first kappa shape index (κ1) is 51.0. The molecule has 2 aliphatic rings. The number of hydrogen-bond donors (Lipinski definition) is 6. The van der Waals surface area contributed by atoms with Crippen molar-refractivity contribution in [2.75, 3.05) is 90.7 Å². The number of anilines is 2. The van der Waals surface area contributed by atoms with Crippen LogP contribution in [-0.4, -0.2) is 143 Å². The molecule has 1 fully saturated rings. The summed E-state index contributed by atoms with van der Waals surface area (Å²) < 4.78 is 19.4. The molecule has 16 nitrogen and oxygen atoms in total. The summed E-state index contributed by atoms with van der Waals surface area (Å²) in [7, 11) is 3.20. The third kappa shape index (κ3) is 15.3. The minimum absolute atomic E-state index is 0.0200. The molecule has 0 radical (unpaired) electrons. The number of unbranched alkanes of at least 4 members (excludes halogenated alkanes) is 1.